The van der Waals surface area contributed by atoms with Crippen LogP contribution in [0.25, 0.3) is 0 Å². The lowest BCUT2D eigenvalue weighted by Crippen LogP contribution is -2.26. The van der Waals surface area contributed by atoms with Gasteiger partial charge in [0.2, 0.25) is 5.96 Å². The molecule has 0 fully saturated rings. The van der Waals surface area contributed by atoms with Crippen LogP contribution >= 0.6 is 11.6 Å². The summed E-state index contributed by atoms with van der Waals surface area (Å²) >= 11 is 5.51. The van der Waals surface area contributed by atoms with E-state index in [0.717, 1.165) is 0 Å². The number of hydrogen-bond donors (Lipinski definition) is 3. The van der Waals surface area contributed by atoms with Gasteiger partial charge in [-0.3, -0.25) is 0 Å². The molecule has 92 valence electrons. The van der Waals surface area contributed by atoms with Crippen molar-refractivity contribution in [2.24, 2.45) is 27.2 Å². The number of halogens is 1. The molecule has 0 aliphatic carbocycles. The summed E-state index contributed by atoms with van der Waals surface area (Å²) in [7, 11) is 0. The van der Waals surface area contributed by atoms with Gasteiger partial charge < -0.3 is 21.9 Å². The van der Waals surface area contributed by atoms with Gasteiger partial charge in [0.25, 0.3) is 0 Å². The molecule has 6 nitrogen and oxygen atoms in total. The molecular formula is C10H14ClN5O. The highest BCUT2D eigenvalue weighted by atomic mass is 35.5. The number of alkyl halides is 1. The third-order valence-corrected chi connectivity index (χ3v) is 1.81. The molecule has 0 radical (unpaired) electrons. The van der Waals surface area contributed by atoms with E-state index in [4.69, 9.17) is 33.5 Å². The maximum Gasteiger partial charge on any atom is 0.223 e. The minimum absolute atomic E-state index is 0.0144. The van der Waals surface area contributed by atoms with Gasteiger partial charge >= 0.3 is 0 Å². The Labute approximate surface area is 104 Å². The molecule has 1 rings (SSSR count). The van der Waals surface area contributed by atoms with Crippen LogP contribution in [0, 0.1) is 0 Å². The molecule has 0 spiro atoms. The van der Waals surface area contributed by atoms with E-state index in [1.807, 2.05) is 0 Å². The van der Waals surface area contributed by atoms with Crippen LogP contribution in [0.5, 0.6) is 5.75 Å². The second-order valence-electron chi connectivity index (χ2n) is 3.04. The molecule has 17 heavy (non-hydrogen) atoms. The van der Waals surface area contributed by atoms with Crippen LogP contribution in [0.4, 0.5) is 5.69 Å². The van der Waals surface area contributed by atoms with Crippen molar-refractivity contribution in [1.82, 2.24) is 0 Å². The van der Waals surface area contributed by atoms with Crippen molar-refractivity contribution in [2.45, 2.75) is 0 Å². The van der Waals surface area contributed by atoms with E-state index in [1.165, 1.54) is 0 Å². The fourth-order valence-electron chi connectivity index (χ4n) is 1.09. The first kappa shape index (κ1) is 13.1. The molecule has 0 bridgehead atoms. The number of aliphatic imine (C=N–C) groups is 2. The average Bonchev–Trinajstić information content (AvgIpc) is 2.25. The maximum absolute atomic E-state index is 5.51. The Balaban J connectivity index is 2.81. The van der Waals surface area contributed by atoms with Crippen molar-refractivity contribution in [1.29, 1.82) is 0 Å². The van der Waals surface area contributed by atoms with Crippen LogP contribution in [0.3, 0.4) is 0 Å². The second kappa shape index (κ2) is 6.59. The summed E-state index contributed by atoms with van der Waals surface area (Å²) in [6.07, 6.45) is 0. The van der Waals surface area contributed by atoms with Crippen LogP contribution in [-0.4, -0.2) is 24.4 Å². The SMILES string of the molecule is NC(N)=NC(N)=Nc1cccc(OCCCl)c1. The summed E-state index contributed by atoms with van der Waals surface area (Å²) in [5, 5.41) is 0. The normalized spacial score (nSPS) is 11.0. The molecule has 0 atom stereocenters. The quantitative estimate of drug-likeness (QED) is 0.414. The summed E-state index contributed by atoms with van der Waals surface area (Å²) in [5.41, 5.74) is 16.4. The monoisotopic (exact) mass is 255 g/mol. The van der Waals surface area contributed by atoms with Crippen LogP contribution in [0.2, 0.25) is 0 Å². The molecule has 0 saturated carbocycles. The smallest absolute Gasteiger partial charge is 0.223 e. The Morgan fingerprint density at radius 2 is 2.06 bits per heavy atom. The summed E-state index contributed by atoms with van der Waals surface area (Å²) in [6, 6.07) is 7.04. The minimum atomic E-state index is -0.138. The molecule has 6 N–H and O–H groups in total. The lowest BCUT2D eigenvalue weighted by molar-refractivity contribution is 0.343. The number of rotatable bonds is 4. The molecular weight excluding hydrogens is 242 g/mol. The summed E-state index contributed by atoms with van der Waals surface area (Å²) < 4.78 is 5.33. The molecule has 0 heterocycles. The summed E-state index contributed by atoms with van der Waals surface area (Å²) in [4.78, 5) is 7.60. The molecule has 0 saturated heterocycles. The number of nitrogens with two attached hydrogens (primary N) is 3. The summed E-state index contributed by atoms with van der Waals surface area (Å²) in [5.74, 6) is 0.925. The predicted octanol–water partition coefficient (Wildman–Crippen LogP) is 0.524. The minimum Gasteiger partial charge on any atom is -0.492 e. The first-order chi connectivity index (χ1) is 8.11. The zero-order valence-electron chi connectivity index (χ0n) is 9.14. The van der Waals surface area contributed by atoms with Crippen molar-refractivity contribution in [3.63, 3.8) is 0 Å². The summed E-state index contributed by atoms with van der Waals surface area (Å²) in [6.45, 7) is 0.429. The van der Waals surface area contributed by atoms with Crippen molar-refractivity contribution in [3.8, 4) is 5.75 Å². The Morgan fingerprint density at radius 3 is 2.71 bits per heavy atom. The number of ether oxygens (including phenoxy) is 1. The van der Waals surface area contributed by atoms with Crippen molar-refractivity contribution in [2.75, 3.05) is 12.5 Å². The van der Waals surface area contributed by atoms with Crippen LogP contribution in [0.15, 0.2) is 34.3 Å². The van der Waals surface area contributed by atoms with Crippen LogP contribution in [-0.2, 0) is 0 Å². The van der Waals surface area contributed by atoms with E-state index in [2.05, 4.69) is 9.98 Å². The van der Waals surface area contributed by atoms with Gasteiger partial charge in [0, 0.05) is 6.07 Å². The van der Waals surface area contributed by atoms with Crippen LogP contribution < -0.4 is 21.9 Å². The standard InChI is InChI=1S/C10H14ClN5O/c11-4-5-17-8-3-1-2-7(6-8)15-10(14)16-9(12)13/h1-3,6H,4-5H2,(H6,12,13,14,15,16). The zero-order valence-corrected chi connectivity index (χ0v) is 9.89. The third-order valence-electron chi connectivity index (χ3n) is 1.65. The Morgan fingerprint density at radius 1 is 1.29 bits per heavy atom. The van der Waals surface area contributed by atoms with E-state index in [0.29, 0.717) is 23.9 Å². The molecule has 1 aromatic rings. The van der Waals surface area contributed by atoms with Gasteiger partial charge in [0.05, 0.1) is 11.6 Å². The van der Waals surface area contributed by atoms with Crippen molar-refractivity contribution >= 4 is 29.2 Å². The highest BCUT2D eigenvalue weighted by Gasteiger charge is 1.97. The Bertz CT molecular complexity index is 428. The number of nitrogens with zero attached hydrogens (tertiary/aromatic N) is 2. The highest BCUT2D eigenvalue weighted by molar-refractivity contribution is 6.18. The van der Waals surface area contributed by atoms with Gasteiger partial charge in [-0.2, -0.15) is 4.99 Å². The largest absolute Gasteiger partial charge is 0.492 e. The van der Waals surface area contributed by atoms with Gasteiger partial charge in [-0.15, -0.1) is 11.6 Å². The lowest BCUT2D eigenvalue weighted by Gasteiger charge is -2.04. The van der Waals surface area contributed by atoms with E-state index < -0.39 is 0 Å². The zero-order chi connectivity index (χ0) is 12.7. The Kier molecular flexibility index (Phi) is 5.09. The van der Waals surface area contributed by atoms with Gasteiger partial charge in [-0.1, -0.05) is 6.07 Å². The molecule has 0 unspecified atom stereocenters. The first-order valence-corrected chi connectivity index (χ1v) is 5.38. The van der Waals surface area contributed by atoms with E-state index in [1.54, 1.807) is 24.3 Å². The molecule has 0 aliphatic rings. The fourth-order valence-corrected chi connectivity index (χ4v) is 1.17. The van der Waals surface area contributed by atoms with Gasteiger partial charge in [-0.05, 0) is 12.1 Å². The second-order valence-corrected chi connectivity index (χ2v) is 3.42. The van der Waals surface area contributed by atoms with E-state index in [-0.39, 0.29) is 11.9 Å². The van der Waals surface area contributed by atoms with Crippen molar-refractivity contribution < 1.29 is 4.74 Å². The molecule has 0 aromatic heterocycles. The van der Waals surface area contributed by atoms with E-state index in [9.17, 15) is 0 Å². The van der Waals surface area contributed by atoms with Gasteiger partial charge in [0.1, 0.15) is 12.4 Å². The first-order valence-electron chi connectivity index (χ1n) is 4.84. The van der Waals surface area contributed by atoms with E-state index >= 15 is 0 Å². The average molecular weight is 256 g/mol. The maximum atomic E-state index is 5.51. The third kappa shape index (κ3) is 5.07. The van der Waals surface area contributed by atoms with Crippen LogP contribution in [0.1, 0.15) is 0 Å². The molecule has 1 aromatic carbocycles. The highest BCUT2D eigenvalue weighted by Crippen LogP contribution is 2.19. The molecule has 7 heteroatoms. The number of guanidine groups is 2. The predicted molar refractivity (Wildman–Crippen MR) is 69.7 cm³/mol. The number of benzene rings is 1. The topological polar surface area (TPSA) is 112 Å². The van der Waals surface area contributed by atoms with Gasteiger partial charge in [0.15, 0.2) is 5.96 Å². The molecule has 0 amide bonds. The number of hydrogen-bond acceptors (Lipinski definition) is 2. The Hall–Kier alpha value is -1.95. The van der Waals surface area contributed by atoms with Gasteiger partial charge in [-0.25, -0.2) is 4.99 Å². The van der Waals surface area contributed by atoms with Crippen molar-refractivity contribution in [3.05, 3.63) is 24.3 Å². The lowest BCUT2D eigenvalue weighted by atomic mass is 10.3. The molecule has 0 aliphatic heterocycles. The fraction of sp³-hybridized carbons (Fsp3) is 0.200.